The van der Waals surface area contributed by atoms with E-state index in [9.17, 15) is 22.8 Å². The van der Waals surface area contributed by atoms with Crippen LogP contribution < -0.4 is 5.32 Å². The van der Waals surface area contributed by atoms with Crippen molar-refractivity contribution >= 4 is 23.8 Å². The lowest BCUT2D eigenvalue weighted by molar-refractivity contribution is -0.203. The Balaban J connectivity index is 2.80. The molecule has 0 aliphatic carbocycles. The van der Waals surface area contributed by atoms with Crippen LogP contribution in [0.4, 0.5) is 18.0 Å². The summed E-state index contributed by atoms with van der Waals surface area (Å²) in [5.41, 5.74) is -3.29. The van der Waals surface area contributed by atoms with Gasteiger partial charge in [0.25, 0.3) is 0 Å². The Labute approximate surface area is 112 Å². The van der Waals surface area contributed by atoms with Gasteiger partial charge in [0, 0.05) is 18.8 Å². The largest absolute Gasteiger partial charge is 0.479 e. The molecule has 2 atom stereocenters. The van der Waals surface area contributed by atoms with Crippen LogP contribution in [0.15, 0.2) is 0 Å². The van der Waals surface area contributed by atoms with Crippen LogP contribution in [0.1, 0.15) is 13.3 Å². The Morgan fingerprint density at radius 1 is 1.42 bits per heavy atom. The standard InChI is InChI=1S/C10H15F3N2O3S/c1-9(7(16)17,10(11,12)13)14-8(18)15(2)6-3-4-19-5-6/h6H,3-5H2,1-2H3,(H,14,18)(H,16,17). The number of aliphatic carboxylic acids is 1. The minimum Gasteiger partial charge on any atom is -0.479 e. The molecule has 0 saturated carbocycles. The number of urea groups is 1. The van der Waals surface area contributed by atoms with Crippen molar-refractivity contribution in [3.8, 4) is 0 Å². The van der Waals surface area contributed by atoms with E-state index in [-0.39, 0.29) is 6.04 Å². The minimum atomic E-state index is -5.07. The lowest BCUT2D eigenvalue weighted by atomic mass is 10.0. The number of alkyl halides is 3. The first-order valence-electron chi connectivity index (χ1n) is 5.52. The van der Waals surface area contributed by atoms with Gasteiger partial charge in [-0.2, -0.15) is 24.9 Å². The van der Waals surface area contributed by atoms with Crippen molar-refractivity contribution in [2.24, 2.45) is 0 Å². The fraction of sp³-hybridized carbons (Fsp3) is 0.800. The molecule has 1 aliphatic heterocycles. The summed E-state index contributed by atoms with van der Waals surface area (Å²) in [6.07, 6.45) is -4.38. The Morgan fingerprint density at radius 3 is 2.37 bits per heavy atom. The van der Waals surface area contributed by atoms with Crippen molar-refractivity contribution in [2.75, 3.05) is 18.6 Å². The summed E-state index contributed by atoms with van der Waals surface area (Å²) in [6.45, 7) is 0.435. The van der Waals surface area contributed by atoms with E-state index in [1.54, 1.807) is 17.1 Å². The van der Waals surface area contributed by atoms with E-state index in [0.717, 1.165) is 10.7 Å². The monoisotopic (exact) mass is 300 g/mol. The highest BCUT2D eigenvalue weighted by Crippen LogP contribution is 2.31. The number of hydrogen-bond donors (Lipinski definition) is 2. The van der Waals surface area contributed by atoms with Gasteiger partial charge in [0.05, 0.1) is 0 Å². The third-order valence-corrected chi connectivity index (χ3v) is 4.27. The normalized spacial score (nSPS) is 22.7. The van der Waals surface area contributed by atoms with E-state index in [1.165, 1.54) is 7.05 Å². The summed E-state index contributed by atoms with van der Waals surface area (Å²) in [5, 5.41) is 10.3. The second-order valence-corrected chi connectivity index (χ2v) is 5.64. The molecule has 0 spiro atoms. The molecule has 0 aromatic carbocycles. The number of halogens is 3. The first-order valence-corrected chi connectivity index (χ1v) is 6.68. The topological polar surface area (TPSA) is 69.6 Å². The number of nitrogens with one attached hydrogen (secondary N) is 1. The van der Waals surface area contributed by atoms with Crippen LogP contribution in [0.2, 0.25) is 0 Å². The van der Waals surface area contributed by atoms with Gasteiger partial charge in [0.2, 0.25) is 5.54 Å². The van der Waals surface area contributed by atoms with Crippen molar-refractivity contribution in [3.63, 3.8) is 0 Å². The van der Waals surface area contributed by atoms with Gasteiger partial charge in [-0.1, -0.05) is 0 Å². The summed E-state index contributed by atoms with van der Waals surface area (Å²) < 4.78 is 38.2. The zero-order valence-electron chi connectivity index (χ0n) is 10.5. The molecule has 2 unspecified atom stereocenters. The first-order chi connectivity index (χ1) is 8.59. The molecular weight excluding hydrogens is 285 g/mol. The van der Waals surface area contributed by atoms with Crippen molar-refractivity contribution < 1.29 is 27.9 Å². The van der Waals surface area contributed by atoms with Crippen molar-refractivity contribution in [1.82, 2.24) is 10.2 Å². The third-order valence-electron chi connectivity index (χ3n) is 3.13. The molecule has 110 valence electrons. The summed E-state index contributed by atoms with van der Waals surface area (Å²) in [7, 11) is 1.37. The van der Waals surface area contributed by atoms with Gasteiger partial charge in [-0.3, -0.25) is 0 Å². The number of carboxylic acid groups (broad SMARTS) is 1. The summed E-state index contributed by atoms with van der Waals surface area (Å²) in [6, 6.07) is -1.20. The van der Waals surface area contributed by atoms with Crippen molar-refractivity contribution in [1.29, 1.82) is 0 Å². The first kappa shape index (κ1) is 15.9. The lowest BCUT2D eigenvalue weighted by Crippen LogP contribution is -2.64. The highest BCUT2D eigenvalue weighted by molar-refractivity contribution is 7.99. The van der Waals surface area contributed by atoms with E-state index in [0.29, 0.717) is 19.1 Å². The van der Waals surface area contributed by atoms with Gasteiger partial charge in [0.15, 0.2) is 0 Å². The fourth-order valence-corrected chi connectivity index (χ4v) is 2.81. The summed E-state index contributed by atoms with van der Waals surface area (Å²) >= 11 is 1.60. The van der Waals surface area contributed by atoms with Gasteiger partial charge < -0.3 is 15.3 Å². The van der Waals surface area contributed by atoms with E-state index >= 15 is 0 Å². The predicted octanol–water partition coefficient (Wildman–Crippen LogP) is 1.54. The van der Waals surface area contributed by atoms with Crippen LogP contribution in [0.25, 0.3) is 0 Å². The average molecular weight is 300 g/mol. The van der Waals surface area contributed by atoms with Gasteiger partial charge in [-0.05, 0) is 19.1 Å². The third kappa shape index (κ3) is 3.26. The van der Waals surface area contributed by atoms with Crippen molar-refractivity contribution in [3.05, 3.63) is 0 Å². The zero-order chi connectivity index (χ0) is 14.8. The summed E-state index contributed by atoms with van der Waals surface area (Å²) in [5.74, 6) is -0.667. The van der Waals surface area contributed by atoms with E-state index in [2.05, 4.69) is 0 Å². The molecule has 1 fully saturated rings. The van der Waals surface area contributed by atoms with Crippen LogP contribution in [0.3, 0.4) is 0 Å². The van der Waals surface area contributed by atoms with Gasteiger partial charge in [0.1, 0.15) is 0 Å². The molecule has 0 bridgehead atoms. The molecule has 2 N–H and O–H groups in total. The number of rotatable bonds is 3. The van der Waals surface area contributed by atoms with Gasteiger partial charge >= 0.3 is 18.2 Å². The molecule has 1 saturated heterocycles. The number of carbonyl (C=O) groups is 2. The predicted molar refractivity (Wildman–Crippen MR) is 64.1 cm³/mol. The fourth-order valence-electron chi connectivity index (χ4n) is 1.54. The maximum atomic E-state index is 12.7. The molecule has 0 aromatic rings. The quantitative estimate of drug-likeness (QED) is 0.829. The SMILES string of the molecule is CN(C(=O)NC(C)(C(=O)O)C(F)(F)F)C1CCSC1. The number of carboxylic acids is 1. The molecule has 0 radical (unpaired) electrons. The number of thioether (sulfide) groups is 1. The Morgan fingerprint density at radius 2 is 2.00 bits per heavy atom. The Hall–Kier alpha value is -1.12. The lowest BCUT2D eigenvalue weighted by Gasteiger charge is -2.32. The second-order valence-electron chi connectivity index (χ2n) is 4.49. The summed E-state index contributed by atoms with van der Waals surface area (Å²) in [4.78, 5) is 23.7. The maximum absolute atomic E-state index is 12.7. The van der Waals surface area contributed by atoms with E-state index in [4.69, 9.17) is 5.11 Å². The number of amides is 2. The Bertz CT molecular complexity index is 372. The molecule has 2 amide bonds. The van der Waals surface area contributed by atoms with Crippen LogP contribution >= 0.6 is 11.8 Å². The highest BCUT2D eigenvalue weighted by Gasteiger charge is 2.58. The number of carbonyl (C=O) groups excluding carboxylic acids is 1. The average Bonchev–Trinajstić information content (AvgIpc) is 2.79. The van der Waals surface area contributed by atoms with E-state index < -0.39 is 23.7 Å². The van der Waals surface area contributed by atoms with Crippen molar-refractivity contribution in [2.45, 2.75) is 31.1 Å². The molecule has 1 rings (SSSR count). The molecule has 1 aliphatic rings. The molecule has 9 heteroatoms. The molecular formula is C10H15F3N2O3S. The Kier molecular flexibility index (Phi) is 4.59. The zero-order valence-corrected chi connectivity index (χ0v) is 11.3. The van der Waals surface area contributed by atoms with Crippen LogP contribution in [0.5, 0.6) is 0 Å². The van der Waals surface area contributed by atoms with Crippen LogP contribution in [-0.4, -0.2) is 58.3 Å². The van der Waals surface area contributed by atoms with Gasteiger partial charge in [-0.25, -0.2) is 9.59 Å². The molecule has 5 nitrogen and oxygen atoms in total. The number of hydrogen-bond acceptors (Lipinski definition) is 3. The van der Waals surface area contributed by atoms with E-state index in [1.807, 2.05) is 0 Å². The minimum absolute atomic E-state index is 0.170. The number of nitrogens with zero attached hydrogens (tertiary/aromatic N) is 1. The van der Waals surface area contributed by atoms with Crippen LogP contribution in [-0.2, 0) is 4.79 Å². The van der Waals surface area contributed by atoms with Crippen LogP contribution in [0, 0.1) is 0 Å². The highest BCUT2D eigenvalue weighted by atomic mass is 32.2. The molecule has 0 aromatic heterocycles. The maximum Gasteiger partial charge on any atom is 0.422 e. The molecule has 19 heavy (non-hydrogen) atoms. The second kappa shape index (κ2) is 5.48. The van der Waals surface area contributed by atoms with Gasteiger partial charge in [-0.15, -0.1) is 0 Å². The molecule has 1 heterocycles. The smallest absolute Gasteiger partial charge is 0.422 e.